The minimum atomic E-state index is 0.176. The first-order chi connectivity index (χ1) is 8.88. The van der Waals surface area contributed by atoms with Gasteiger partial charge < -0.3 is 14.6 Å². The zero-order chi connectivity index (χ0) is 12.4. The van der Waals surface area contributed by atoms with Crippen LogP contribution < -0.4 is 5.32 Å². The highest BCUT2D eigenvalue weighted by Gasteiger charge is 2.28. The van der Waals surface area contributed by atoms with Crippen LogP contribution in [0.3, 0.4) is 0 Å². The molecule has 1 aromatic heterocycles. The van der Waals surface area contributed by atoms with E-state index in [-0.39, 0.29) is 6.10 Å². The number of hydrogen-bond donors (Lipinski definition) is 1. The van der Waals surface area contributed by atoms with Gasteiger partial charge in [-0.2, -0.15) is 11.8 Å². The van der Waals surface area contributed by atoms with Gasteiger partial charge in [-0.1, -0.05) is 0 Å². The first kappa shape index (κ1) is 12.5. The molecule has 1 aliphatic carbocycles. The van der Waals surface area contributed by atoms with E-state index in [4.69, 9.17) is 4.74 Å². The third-order valence-corrected chi connectivity index (χ3v) is 5.13. The average molecular weight is 267 g/mol. The van der Waals surface area contributed by atoms with Crippen LogP contribution in [0.25, 0.3) is 0 Å². The van der Waals surface area contributed by atoms with Crippen LogP contribution in [-0.4, -0.2) is 40.8 Å². The molecule has 3 unspecified atom stereocenters. The van der Waals surface area contributed by atoms with Crippen LogP contribution in [0.5, 0.6) is 0 Å². The highest BCUT2D eigenvalue weighted by Crippen LogP contribution is 2.37. The summed E-state index contributed by atoms with van der Waals surface area (Å²) in [6.07, 6.45) is 10.2. The van der Waals surface area contributed by atoms with Crippen LogP contribution in [0.15, 0.2) is 12.5 Å². The summed E-state index contributed by atoms with van der Waals surface area (Å²) in [5, 5.41) is 4.21. The van der Waals surface area contributed by atoms with E-state index in [1.807, 2.05) is 24.3 Å². The van der Waals surface area contributed by atoms with Crippen molar-refractivity contribution in [2.75, 3.05) is 26.0 Å². The van der Waals surface area contributed by atoms with E-state index in [0.717, 1.165) is 24.9 Å². The molecule has 2 heterocycles. The molecule has 0 bridgehead atoms. The molecular formula is C13H21N3OS. The summed E-state index contributed by atoms with van der Waals surface area (Å²) in [4.78, 5) is 4.34. The molecule has 2 aliphatic rings. The zero-order valence-electron chi connectivity index (χ0n) is 10.8. The number of nitrogens with zero attached hydrogens (tertiary/aromatic N) is 2. The van der Waals surface area contributed by atoms with Gasteiger partial charge in [-0.3, -0.25) is 0 Å². The molecule has 3 atom stereocenters. The van der Waals surface area contributed by atoms with Crippen molar-refractivity contribution in [1.29, 1.82) is 0 Å². The van der Waals surface area contributed by atoms with Crippen LogP contribution >= 0.6 is 11.8 Å². The van der Waals surface area contributed by atoms with Gasteiger partial charge in [0.05, 0.1) is 24.8 Å². The van der Waals surface area contributed by atoms with Crippen molar-refractivity contribution in [1.82, 2.24) is 14.9 Å². The van der Waals surface area contributed by atoms with E-state index in [1.165, 1.54) is 25.0 Å². The predicted molar refractivity (Wildman–Crippen MR) is 74.0 cm³/mol. The summed E-state index contributed by atoms with van der Waals surface area (Å²) in [7, 11) is 0. The van der Waals surface area contributed by atoms with E-state index in [2.05, 4.69) is 21.1 Å². The lowest BCUT2D eigenvalue weighted by molar-refractivity contribution is 0.0220. The summed E-state index contributed by atoms with van der Waals surface area (Å²) in [6, 6.07) is 0.616. The van der Waals surface area contributed by atoms with E-state index in [9.17, 15) is 0 Å². The minimum absolute atomic E-state index is 0.176. The number of thioether (sulfide) groups is 1. The quantitative estimate of drug-likeness (QED) is 0.909. The van der Waals surface area contributed by atoms with Gasteiger partial charge in [0.25, 0.3) is 0 Å². The van der Waals surface area contributed by atoms with Crippen molar-refractivity contribution in [2.24, 2.45) is 0 Å². The Bertz CT molecular complexity index is 389. The maximum atomic E-state index is 5.85. The Morgan fingerprint density at radius 3 is 3.17 bits per heavy atom. The first-order valence-corrected chi connectivity index (χ1v) is 8.04. The molecule has 4 nitrogen and oxygen atoms in total. The first-order valence-electron chi connectivity index (χ1n) is 6.75. The molecule has 2 fully saturated rings. The van der Waals surface area contributed by atoms with Gasteiger partial charge in [-0.25, -0.2) is 4.98 Å². The molecule has 1 saturated carbocycles. The van der Waals surface area contributed by atoms with E-state index in [0.29, 0.717) is 6.04 Å². The molecule has 3 rings (SSSR count). The number of imidazole rings is 1. The fraction of sp³-hybridized carbons (Fsp3) is 0.769. The summed E-state index contributed by atoms with van der Waals surface area (Å²) in [6.45, 7) is 2.67. The summed E-state index contributed by atoms with van der Waals surface area (Å²) in [5.41, 5.74) is 1.24. The molecule has 18 heavy (non-hydrogen) atoms. The highest BCUT2D eigenvalue weighted by molar-refractivity contribution is 7.99. The van der Waals surface area contributed by atoms with Crippen molar-refractivity contribution in [2.45, 2.75) is 36.7 Å². The van der Waals surface area contributed by atoms with Crippen molar-refractivity contribution < 1.29 is 4.74 Å². The van der Waals surface area contributed by atoms with Gasteiger partial charge >= 0.3 is 0 Å². The number of rotatable bonds is 3. The molecule has 1 aliphatic heterocycles. The second-order valence-electron chi connectivity index (χ2n) is 5.11. The Kier molecular flexibility index (Phi) is 3.91. The molecule has 100 valence electrons. The van der Waals surface area contributed by atoms with E-state index >= 15 is 0 Å². The third-order valence-electron chi connectivity index (χ3n) is 4.04. The lowest BCUT2D eigenvalue weighted by atomic mass is 10.2. The number of aromatic nitrogens is 2. The van der Waals surface area contributed by atoms with Crippen LogP contribution in [0.1, 0.15) is 37.1 Å². The van der Waals surface area contributed by atoms with Gasteiger partial charge in [0.1, 0.15) is 6.10 Å². The van der Waals surface area contributed by atoms with Crippen molar-refractivity contribution in [3.05, 3.63) is 18.2 Å². The Balaban J connectivity index is 1.74. The lowest BCUT2D eigenvalue weighted by Crippen LogP contribution is -2.34. The molecule has 1 saturated heterocycles. The normalized spacial score (nSPS) is 32.8. The fourth-order valence-electron chi connectivity index (χ4n) is 3.01. The second-order valence-corrected chi connectivity index (χ2v) is 6.25. The van der Waals surface area contributed by atoms with Crippen LogP contribution in [0.4, 0.5) is 0 Å². The molecule has 0 aromatic carbocycles. The number of nitrogens with one attached hydrogen (secondary N) is 1. The molecule has 1 aromatic rings. The van der Waals surface area contributed by atoms with Gasteiger partial charge in [0.15, 0.2) is 0 Å². The summed E-state index contributed by atoms with van der Waals surface area (Å²) >= 11 is 2.00. The molecular weight excluding hydrogens is 246 g/mol. The molecule has 5 heteroatoms. The monoisotopic (exact) mass is 267 g/mol. The zero-order valence-corrected chi connectivity index (χ0v) is 11.7. The molecule has 0 amide bonds. The Morgan fingerprint density at radius 1 is 1.50 bits per heavy atom. The van der Waals surface area contributed by atoms with Crippen LogP contribution in [0.2, 0.25) is 0 Å². The minimum Gasteiger partial charge on any atom is -0.369 e. The molecule has 1 N–H and O–H groups in total. The topological polar surface area (TPSA) is 39.1 Å². The SMILES string of the molecule is CSC1CCC(n2cncc2C2CNCCO2)C1. The Morgan fingerprint density at radius 2 is 2.44 bits per heavy atom. The third kappa shape index (κ3) is 2.44. The van der Waals surface area contributed by atoms with Gasteiger partial charge in [0.2, 0.25) is 0 Å². The highest BCUT2D eigenvalue weighted by atomic mass is 32.2. The predicted octanol–water partition coefficient (Wildman–Crippen LogP) is 2.00. The Labute approximate surface area is 112 Å². The van der Waals surface area contributed by atoms with Crippen LogP contribution in [-0.2, 0) is 4.74 Å². The van der Waals surface area contributed by atoms with Crippen molar-refractivity contribution >= 4 is 11.8 Å². The standard InChI is InChI=1S/C13H21N3OS/c1-18-11-3-2-10(6-11)16-9-15-7-12(16)13-8-14-4-5-17-13/h7,9-11,13-14H,2-6,8H2,1H3. The summed E-state index contributed by atoms with van der Waals surface area (Å²) in [5.74, 6) is 0. The largest absolute Gasteiger partial charge is 0.369 e. The molecule has 0 spiro atoms. The lowest BCUT2D eigenvalue weighted by Gasteiger charge is -2.26. The second kappa shape index (κ2) is 5.63. The Hall–Kier alpha value is -0.520. The van der Waals surface area contributed by atoms with E-state index in [1.54, 1.807) is 0 Å². The molecule has 0 radical (unpaired) electrons. The maximum Gasteiger partial charge on any atom is 0.111 e. The van der Waals surface area contributed by atoms with Gasteiger partial charge in [0, 0.05) is 24.4 Å². The van der Waals surface area contributed by atoms with Crippen LogP contribution in [0, 0.1) is 0 Å². The number of morpholine rings is 1. The smallest absolute Gasteiger partial charge is 0.111 e. The summed E-state index contributed by atoms with van der Waals surface area (Å²) < 4.78 is 8.20. The van der Waals surface area contributed by atoms with Gasteiger partial charge in [-0.05, 0) is 25.5 Å². The van der Waals surface area contributed by atoms with Crippen molar-refractivity contribution in [3.63, 3.8) is 0 Å². The number of ether oxygens (including phenoxy) is 1. The maximum absolute atomic E-state index is 5.85. The van der Waals surface area contributed by atoms with E-state index < -0.39 is 0 Å². The van der Waals surface area contributed by atoms with Crippen molar-refractivity contribution in [3.8, 4) is 0 Å². The number of hydrogen-bond acceptors (Lipinski definition) is 4. The van der Waals surface area contributed by atoms with Gasteiger partial charge in [-0.15, -0.1) is 0 Å². The average Bonchev–Trinajstić information content (AvgIpc) is 3.08. The fourth-order valence-corrected chi connectivity index (χ4v) is 3.80.